The fraction of sp³-hybridized carbons (Fsp3) is 0.733. The maximum absolute atomic E-state index is 12.0. The van der Waals surface area contributed by atoms with Gasteiger partial charge in [-0.05, 0) is 31.1 Å². The second-order valence-corrected chi connectivity index (χ2v) is 6.15. The summed E-state index contributed by atoms with van der Waals surface area (Å²) in [5.74, 6) is 2.20. The fourth-order valence-corrected chi connectivity index (χ4v) is 3.02. The highest BCUT2D eigenvalue weighted by atomic mass is 16.5. The topological polar surface area (TPSA) is 68.2 Å². The van der Waals surface area contributed by atoms with Crippen LogP contribution in [0, 0.1) is 11.8 Å². The maximum atomic E-state index is 12.0. The Balaban J connectivity index is 1.41. The first-order valence-corrected chi connectivity index (χ1v) is 7.79. The third-order valence-corrected chi connectivity index (χ3v) is 4.46. The number of imidazole rings is 1. The highest BCUT2D eigenvalue weighted by Gasteiger charge is 2.32. The van der Waals surface area contributed by atoms with Gasteiger partial charge in [0.05, 0.1) is 12.6 Å². The van der Waals surface area contributed by atoms with Crippen molar-refractivity contribution in [3.05, 3.63) is 18.2 Å². The Kier molecular flexibility index (Phi) is 4.43. The number of hydrogen-bond donors (Lipinski definition) is 2. The number of aryl methyl sites for hydroxylation is 1. The lowest BCUT2D eigenvalue weighted by molar-refractivity contribution is 0.157. The number of carbonyl (C=O) groups is 1. The highest BCUT2D eigenvalue weighted by Crippen LogP contribution is 2.32. The summed E-state index contributed by atoms with van der Waals surface area (Å²) in [4.78, 5) is 16.4. The van der Waals surface area contributed by atoms with Gasteiger partial charge in [0.25, 0.3) is 0 Å². The Labute approximate surface area is 125 Å². The molecule has 0 aromatic carbocycles. The van der Waals surface area contributed by atoms with Crippen molar-refractivity contribution >= 4 is 6.03 Å². The van der Waals surface area contributed by atoms with Gasteiger partial charge in [-0.2, -0.15) is 0 Å². The Morgan fingerprint density at radius 2 is 2.38 bits per heavy atom. The van der Waals surface area contributed by atoms with Crippen LogP contribution in [0.4, 0.5) is 4.79 Å². The van der Waals surface area contributed by atoms with Crippen LogP contribution >= 0.6 is 0 Å². The minimum Gasteiger partial charge on any atom is -0.383 e. The normalized spacial score (nSPS) is 22.4. The third-order valence-electron chi connectivity index (χ3n) is 4.46. The van der Waals surface area contributed by atoms with E-state index in [9.17, 15) is 4.79 Å². The van der Waals surface area contributed by atoms with Crippen molar-refractivity contribution in [3.8, 4) is 0 Å². The van der Waals surface area contributed by atoms with Crippen LogP contribution in [0.25, 0.3) is 0 Å². The molecule has 21 heavy (non-hydrogen) atoms. The fourth-order valence-electron chi connectivity index (χ4n) is 3.02. The van der Waals surface area contributed by atoms with Crippen molar-refractivity contribution < 1.29 is 9.53 Å². The summed E-state index contributed by atoms with van der Waals surface area (Å²) in [6, 6.07) is 0.0816. The molecule has 0 bridgehead atoms. The molecule has 3 rings (SSSR count). The van der Waals surface area contributed by atoms with Crippen LogP contribution in [0.3, 0.4) is 0 Å². The van der Waals surface area contributed by atoms with E-state index in [1.54, 1.807) is 7.11 Å². The van der Waals surface area contributed by atoms with Crippen LogP contribution in [0.15, 0.2) is 12.4 Å². The van der Waals surface area contributed by atoms with E-state index in [0.717, 1.165) is 25.2 Å². The zero-order valence-electron chi connectivity index (χ0n) is 12.5. The van der Waals surface area contributed by atoms with Crippen LogP contribution in [-0.2, 0) is 17.7 Å². The van der Waals surface area contributed by atoms with Crippen molar-refractivity contribution in [3.63, 3.8) is 0 Å². The van der Waals surface area contributed by atoms with Gasteiger partial charge in [0.1, 0.15) is 5.82 Å². The van der Waals surface area contributed by atoms with Gasteiger partial charge in [0, 0.05) is 39.0 Å². The van der Waals surface area contributed by atoms with E-state index in [2.05, 4.69) is 20.2 Å². The van der Waals surface area contributed by atoms with Gasteiger partial charge < -0.3 is 19.9 Å². The molecule has 1 aromatic heterocycles. The molecule has 1 aliphatic carbocycles. The van der Waals surface area contributed by atoms with E-state index < -0.39 is 0 Å². The Morgan fingerprint density at radius 3 is 3.14 bits per heavy atom. The molecule has 0 unspecified atom stereocenters. The zero-order valence-corrected chi connectivity index (χ0v) is 12.5. The number of urea groups is 1. The standard InChI is InChI=1S/C15H24N4O2/c1-21-10-13(12-2-3-12)18-15(20)17-9-11-4-6-19-7-5-16-14(19)8-11/h5,7,11-13H,2-4,6,8-10H2,1H3,(H2,17,18,20)/t11-,13-/m0/s1. The van der Waals surface area contributed by atoms with E-state index in [-0.39, 0.29) is 12.1 Å². The van der Waals surface area contributed by atoms with Crippen molar-refractivity contribution in [1.82, 2.24) is 20.2 Å². The van der Waals surface area contributed by atoms with Crippen LogP contribution in [-0.4, -0.2) is 41.9 Å². The number of fused-ring (bicyclic) bond motifs is 1. The van der Waals surface area contributed by atoms with Gasteiger partial charge in [-0.3, -0.25) is 0 Å². The molecule has 2 aliphatic rings. The summed E-state index contributed by atoms with van der Waals surface area (Å²) in [6.07, 6.45) is 8.30. The summed E-state index contributed by atoms with van der Waals surface area (Å²) in [7, 11) is 1.68. The van der Waals surface area contributed by atoms with Crippen molar-refractivity contribution in [1.29, 1.82) is 0 Å². The highest BCUT2D eigenvalue weighted by molar-refractivity contribution is 5.74. The van der Waals surface area contributed by atoms with Crippen molar-refractivity contribution in [2.75, 3.05) is 20.3 Å². The molecule has 1 saturated carbocycles. The average molecular weight is 292 g/mol. The smallest absolute Gasteiger partial charge is 0.315 e. The molecule has 2 amide bonds. The number of hydrogen-bond acceptors (Lipinski definition) is 3. The summed E-state index contributed by atoms with van der Waals surface area (Å²) in [6.45, 7) is 2.31. The molecule has 2 atom stereocenters. The molecule has 0 spiro atoms. The van der Waals surface area contributed by atoms with Crippen molar-refractivity contribution in [2.45, 2.75) is 38.3 Å². The third kappa shape index (κ3) is 3.75. The van der Waals surface area contributed by atoms with Crippen LogP contribution < -0.4 is 10.6 Å². The van der Waals surface area contributed by atoms with E-state index in [1.807, 2.05) is 12.4 Å². The molecule has 1 aliphatic heterocycles. The molecule has 0 radical (unpaired) electrons. The van der Waals surface area contributed by atoms with Gasteiger partial charge in [-0.15, -0.1) is 0 Å². The molecule has 1 aromatic rings. The van der Waals surface area contributed by atoms with E-state index in [4.69, 9.17) is 4.74 Å². The summed E-state index contributed by atoms with van der Waals surface area (Å²) >= 11 is 0. The average Bonchev–Trinajstić information content (AvgIpc) is 3.22. The van der Waals surface area contributed by atoms with Gasteiger partial charge in [0.15, 0.2) is 0 Å². The van der Waals surface area contributed by atoms with Crippen molar-refractivity contribution in [2.24, 2.45) is 11.8 Å². The number of amides is 2. The van der Waals surface area contributed by atoms with Crippen LogP contribution in [0.2, 0.25) is 0 Å². The minimum atomic E-state index is -0.0714. The van der Waals surface area contributed by atoms with Crippen LogP contribution in [0.1, 0.15) is 25.1 Å². The summed E-state index contributed by atoms with van der Waals surface area (Å²) in [5, 5.41) is 6.04. The predicted octanol–water partition coefficient (Wildman–Crippen LogP) is 1.17. The molecule has 6 heteroatoms. The number of ether oxygens (including phenoxy) is 1. The van der Waals surface area contributed by atoms with Crippen LogP contribution in [0.5, 0.6) is 0 Å². The molecular weight excluding hydrogens is 268 g/mol. The lowest BCUT2D eigenvalue weighted by atomic mass is 9.98. The quantitative estimate of drug-likeness (QED) is 0.827. The summed E-state index contributed by atoms with van der Waals surface area (Å²) < 4.78 is 7.37. The van der Waals surface area contributed by atoms with Gasteiger partial charge in [-0.25, -0.2) is 9.78 Å². The predicted molar refractivity (Wildman–Crippen MR) is 79.0 cm³/mol. The first-order valence-electron chi connectivity index (χ1n) is 7.79. The first kappa shape index (κ1) is 14.4. The molecule has 116 valence electrons. The molecule has 1 fully saturated rings. The molecule has 6 nitrogen and oxygen atoms in total. The second-order valence-electron chi connectivity index (χ2n) is 6.15. The van der Waals surface area contributed by atoms with E-state index in [1.165, 1.54) is 12.8 Å². The molecular formula is C15H24N4O2. The number of rotatable bonds is 6. The number of nitrogens with zero attached hydrogens (tertiary/aromatic N) is 2. The number of carbonyl (C=O) groups excluding carboxylic acids is 1. The molecule has 0 saturated heterocycles. The maximum Gasteiger partial charge on any atom is 0.315 e. The van der Waals surface area contributed by atoms with E-state index >= 15 is 0 Å². The van der Waals surface area contributed by atoms with Gasteiger partial charge in [0.2, 0.25) is 0 Å². The molecule has 2 N–H and O–H groups in total. The number of nitrogens with one attached hydrogen (secondary N) is 2. The monoisotopic (exact) mass is 292 g/mol. The zero-order chi connectivity index (χ0) is 14.7. The SMILES string of the molecule is COC[C@H](NC(=O)NC[C@H]1CCn2ccnc2C1)C1CC1. The number of aromatic nitrogens is 2. The Hall–Kier alpha value is -1.56. The largest absolute Gasteiger partial charge is 0.383 e. The Morgan fingerprint density at radius 1 is 1.52 bits per heavy atom. The first-order chi connectivity index (χ1) is 10.3. The van der Waals surface area contributed by atoms with E-state index in [0.29, 0.717) is 25.0 Å². The van der Waals surface area contributed by atoms with Gasteiger partial charge >= 0.3 is 6.03 Å². The summed E-state index contributed by atoms with van der Waals surface area (Å²) in [5.41, 5.74) is 0. The molecule has 2 heterocycles. The number of methoxy groups -OCH3 is 1. The lowest BCUT2D eigenvalue weighted by Crippen LogP contribution is -2.46. The lowest BCUT2D eigenvalue weighted by Gasteiger charge is -2.24. The Bertz CT molecular complexity index is 484. The minimum absolute atomic E-state index is 0.0714. The second kappa shape index (κ2) is 6.47. The van der Waals surface area contributed by atoms with Gasteiger partial charge in [-0.1, -0.05) is 0 Å².